The predicted octanol–water partition coefficient (Wildman–Crippen LogP) is 2.61. The van der Waals surface area contributed by atoms with Gasteiger partial charge in [0.05, 0.1) is 11.6 Å². The minimum atomic E-state index is -0.286. The second-order valence-electron chi connectivity index (χ2n) is 3.74. The van der Waals surface area contributed by atoms with Gasteiger partial charge in [-0.3, -0.25) is 4.79 Å². The number of hydrogen-bond donors (Lipinski definition) is 1. The number of nitriles is 1. The van der Waals surface area contributed by atoms with Gasteiger partial charge in [0.25, 0.3) is 0 Å². The molecule has 0 unspecified atom stereocenters. The summed E-state index contributed by atoms with van der Waals surface area (Å²) in [4.78, 5) is 15.7. The van der Waals surface area contributed by atoms with Crippen molar-refractivity contribution in [2.75, 3.05) is 5.32 Å². The lowest BCUT2D eigenvalue weighted by atomic mass is 10.1. The quantitative estimate of drug-likeness (QED) is 0.850. The van der Waals surface area contributed by atoms with Crippen LogP contribution in [-0.4, -0.2) is 10.9 Å². The minimum absolute atomic E-state index is 0.286. The lowest BCUT2D eigenvalue weighted by Crippen LogP contribution is -2.08. The smallest absolute Gasteiger partial charge is 0.249 e. The first-order valence-electron chi connectivity index (χ1n) is 5.69. The Balaban J connectivity index is 2.07. The molecule has 0 aliphatic carbocycles. The lowest BCUT2D eigenvalue weighted by Gasteiger charge is -2.00. The molecule has 1 amide bonds. The van der Waals surface area contributed by atoms with Crippen molar-refractivity contribution in [3.8, 4) is 6.07 Å². The molecule has 92 valence electrons. The van der Waals surface area contributed by atoms with Crippen LogP contribution in [0.25, 0.3) is 6.08 Å². The van der Waals surface area contributed by atoms with E-state index in [2.05, 4.69) is 16.4 Å². The van der Waals surface area contributed by atoms with E-state index in [1.807, 2.05) is 6.07 Å². The molecular formula is C15H11N3O. The zero-order chi connectivity index (χ0) is 13.5. The summed E-state index contributed by atoms with van der Waals surface area (Å²) < 4.78 is 0. The minimum Gasteiger partial charge on any atom is -0.307 e. The zero-order valence-corrected chi connectivity index (χ0v) is 10.1. The Morgan fingerprint density at radius 1 is 1.21 bits per heavy atom. The highest BCUT2D eigenvalue weighted by atomic mass is 16.1. The molecule has 2 aromatic rings. The maximum absolute atomic E-state index is 11.7. The fourth-order valence-electron chi connectivity index (χ4n) is 1.51. The molecule has 1 heterocycles. The third-order valence-corrected chi connectivity index (χ3v) is 2.41. The molecule has 0 radical (unpaired) electrons. The van der Waals surface area contributed by atoms with E-state index < -0.39 is 0 Å². The SMILES string of the molecule is N#Cc1ccccc1/C=C/C(=O)Nc1ccccn1. The van der Waals surface area contributed by atoms with Gasteiger partial charge in [-0.15, -0.1) is 0 Å². The Bertz CT molecular complexity index is 642. The Morgan fingerprint density at radius 2 is 2.00 bits per heavy atom. The molecule has 4 nitrogen and oxygen atoms in total. The number of rotatable bonds is 3. The van der Waals surface area contributed by atoms with E-state index in [1.165, 1.54) is 6.08 Å². The van der Waals surface area contributed by atoms with Crippen LogP contribution in [-0.2, 0) is 4.79 Å². The highest BCUT2D eigenvalue weighted by Gasteiger charge is 1.99. The summed E-state index contributed by atoms with van der Waals surface area (Å²) in [5.74, 6) is 0.206. The van der Waals surface area contributed by atoms with Crippen LogP contribution in [0.5, 0.6) is 0 Å². The fraction of sp³-hybridized carbons (Fsp3) is 0. The summed E-state index contributed by atoms with van der Waals surface area (Å²) in [7, 11) is 0. The number of carbonyl (C=O) groups excluding carboxylic acids is 1. The van der Waals surface area contributed by atoms with Gasteiger partial charge in [0.15, 0.2) is 0 Å². The number of anilines is 1. The molecule has 0 atom stereocenters. The number of hydrogen-bond acceptors (Lipinski definition) is 3. The van der Waals surface area contributed by atoms with Crippen molar-refractivity contribution in [1.82, 2.24) is 4.98 Å². The topological polar surface area (TPSA) is 65.8 Å². The molecule has 0 spiro atoms. The van der Waals surface area contributed by atoms with E-state index in [4.69, 9.17) is 5.26 Å². The number of nitrogens with zero attached hydrogens (tertiary/aromatic N) is 2. The van der Waals surface area contributed by atoms with Gasteiger partial charge in [-0.05, 0) is 29.8 Å². The zero-order valence-electron chi connectivity index (χ0n) is 10.1. The molecule has 0 aliphatic heterocycles. The molecule has 0 saturated heterocycles. The van der Waals surface area contributed by atoms with Gasteiger partial charge in [0.2, 0.25) is 5.91 Å². The van der Waals surface area contributed by atoms with Crippen molar-refractivity contribution in [3.05, 3.63) is 65.9 Å². The van der Waals surface area contributed by atoms with Crippen molar-refractivity contribution < 1.29 is 4.79 Å². The summed E-state index contributed by atoms with van der Waals surface area (Å²) in [5.41, 5.74) is 1.24. The van der Waals surface area contributed by atoms with Gasteiger partial charge in [0, 0.05) is 12.3 Å². The number of benzene rings is 1. The van der Waals surface area contributed by atoms with Crippen LogP contribution in [0, 0.1) is 11.3 Å². The average molecular weight is 249 g/mol. The summed E-state index contributed by atoms with van der Waals surface area (Å²) in [6, 6.07) is 14.4. The number of amides is 1. The summed E-state index contributed by atoms with van der Waals surface area (Å²) >= 11 is 0. The van der Waals surface area contributed by atoms with Crippen LogP contribution >= 0.6 is 0 Å². The number of pyridine rings is 1. The van der Waals surface area contributed by atoms with E-state index in [9.17, 15) is 4.79 Å². The number of carbonyl (C=O) groups is 1. The average Bonchev–Trinajstić information content (AvgIpc) is 2.46. The van der Waals surface area contributed by atoms with E-state index in [-0.39, 0.29) is 5.91 Å². The lowest BCUT2D eigenvalue weighted by molar-refractivity contribution is -0.111. The predicted molar refractivity (Wildman–Crippen MR) is 73.1 cm³/mol. The Hall–Kier alpha value is -2.93. The summed E-state index contributed by atoms with van der Waals surface area (Å²) in [5, 5.41) is 11.6. The van der Waals surface area contributed by atoms with Crippen LogP contribution in [0.2, 0.25) is 0 Å². The maximum Gasteiger partial charge on any atom is 0.249 e. The Morgan fingerprint density at radius 3 is 2.74 bits per heavy atom. The van der Waals surface area contributed by atoms with Gasteiger partial charge in [-0.1, -0.05) is 24.3 Å². The highest BCUT2D eigenvalue weighted by molar-refractivity contribution is 6.01. The van der Waals surface area contributed by atoms with Gasteiger partial charge < -0.3 is 5.32 Å². The van der Waals surface area contributed by atoms with Gasteiger partial charge >= 0.3 is 0 Å². The monoisotopic (exact) mass is 249 g/mol. The standard InChI is InChI=1S/C15H11N3O/c16-11-13-6-2-1-5-12(13)8-9-15(19)18-14-7-3-4-10-17-14/h1-10H,(H,17,18,19)/b9-8+. The molecule has 0 fully saturated rings. The summed E-state index contributed by atoms with van der Waals surface area (Å²) in [6.45, 7) is 0. The molecule has 0 aliphatic rings. The second kappa shape index (κ2) is 6.12. The largest absolute Gasteiger partial charge is 0.307 e. The second-order valence-corrected chi connectivity index (χ2v) is 3.74. The molecule has 0 bridgehead atoms. The van der Waals surface area contributed by atoms with Crippen molar-refractivity contribution in [2.45, 2.75) is 0 Å². The van der Waals surface area contributed by atoms with Gasteiger partial charge in [0.1, 0.15) is 5.82 Å². The van der Waals surface area contributed by atoms with Gasteiger partial charge in [-0.2, -0.15) is 5.26 Å². The van der Waals surface area contributed by atoms with E-state index in [0.717, 1.165) is 0 Å². The molecule has 1 N–H and O–H groups in total. The molecular weight excluding hydrogens is 238 g/mol. The molecule has 1 aromatic heterocycles. The normalized spacial score (nSPS) is 10.1. The Kier molecular flexibility index (Phi) is 4.04. The molecule has 2 rings (SSSR count). The first-order valence-corrected chi connectivity index (χ1v) is 5.69. The van der Waals surface area contributed by atoms with E-state index >= 15 is 0 Å². The molecule has 0 saturated carbocycles. The third kappa shape index (κ3) is 3.51. The van der Waals surface area contributed by atoms with Crippen molar-refractivity contribution in [1.29, 1.82) is 5.26 Å². The van der Waals surface area contributed by atoms with Crippen molar-refractivity contribution >= 4 is 17.8 Å². The molecule has 4 heteroatoms. The van der Waals surface area contributed by atoms with Gasteiger partial charge in [-0.25, -0.2) is 4.98 Å². The maximum atomic E-state index is 11.7. The van der Waals surface area contributed by atoms with Crippen LogP contribution in [0.3, 0.4) is 0 Å². The first kappa shape index (κ1) is 12.5. The van der Waals surface area contributed by atoms with Crippen molar-refractivity contribution in [2.24, 2.45) is 0 Å². The number of aromatic nitrogens is 1. The summed E-state index contributed by atoms with van der Waals surface area (Å²) in [6.07, 6.45) is 4.59. The van der Waals surface area contributed by atoms with E-state index in [1.54, 1.807) is 48.7 Å². The highest BCUT2D eigenvalue weighted by Crippen LogP contribution is 2.09. The van der Waals surface area contributed by atoms with Crippen LogP contribution in [0.15, 0.2) is 54.7 Å². The molecule has 19 heavy (non-hydrogen) atoms. The Labute approximate surface area is 111 Å². The van der Waals surface area contributed by atoms with Crippen LogP contribution in [0.1, 0.15) is 11.1 Å². The van der Waals surface area contributed by atoms with Crippen LogP contribution in [0.4, 0.5) is 5.82 Å². The van der Waals surface area contributed by atoms with Crippen LogP contribution < -0.4 is 5.32 Å². The van der Waals surface area contributed by atoms with Crippen molar-refractivity contribution in [3.63, 3.8) is 0 Å². The first-order chi connectivity index (χ1) is 9.29. The number of nitrogens with one attached hydrogen (secondary N) is 1. The van der Waals surface area contributed by atoms with E-state index in [0.29, 0.717) is 16.9 Å². The molecule has 1 aromatic carbocycles. The third-order valence-electron chi connectivity index (χ3n) is 2.41. The fourth-order valence-corrected chi connectivity index (χ4v) is 1.51.